The lowest BCUT2D eigenvalue weighted by Gasteiger charge is -2.29. The molecule has 1 atom stereocenters. The number of pyridine rings is 1. The van der Waals surface area contributed by atoms with Gasteiger partial charge in [0.1, 0.15) is 18.0 Å². The Bertz CT molecular complexity index is 1820. The zero-order valence-electron chi connectivity index (χ0n) is 22.8. The average molecular weight is 585 g/mol. The highest BCUT2D eigenvalue weighted by Crippen LogP contribution is 2.29. The molecule has 0 radical (unpaired) electrons. The molecule has 0 spiro atoms. The molecule has 42 heavy (non-hydrogen) atoms. The van der Waals surface area contributed by atoms with Crippen molar-refractivity contribution in [1.29, 1.82) is 0 Å². The summed E-state index contributed by atoms with van der Waals surface area (Å²) in [6.07, 6.45) is 5.82. The lowest BCUT2D eigenvalue weighted by atomic mass is 10.0. The number of hydrogen-bond donors (Lipinski definition) is 1. The normalized spacial score (nSPS) is 17.4. The number of hydrogen-bond acceptors (Lipinski definition) is 7. The Kier molecular flexibility index (Phi) is 7.15. The molecule has 1 N–H and O–H groups in total. The molecule has 9 nitrogen and oxygen atoms in total. The largest absolute Gasteiger partial charge is 0.478 e. The van der Waals surface area contributed by atoms with Gasteiger partial charge in [-0.1, -0.05) is 29.8 Å². The second-order valence-corrected chi connectivity index (χ2v) is 11.1. The highest BCUT2D eigenvalue weighted by atomic mass is 35.5. The van der Waals surface area contributed by atoms with Crippen LogP contribution in [0.3, 0.4) is 0 Å². The van der Waals surface area contributed by atoms with Gasteiger partial charge in [0.25, 0.3) is 0 Å². The van der Waals surface area contributed by atoms with Crippen LogP contribution in [0.1, 0.15) is 40.3 Å². The molecule has 7 rings (SSSR count). The molecule has 0 aliphatic carbocycles. The number of rotatable bonds is 9. The van der Waals surface area contributed by atoms with Crippen LogP contribution in [0.4, 0.5) is 0 Å². The van der Waals surface area contributed by atoms with Crippen molar-refractivity contribution in [1.82, 2.24) is 19.4 Å². The number of aromatic carboxylic acids is 1. The number of carboxylic acids is 1. The summed E-state index contributed by atoms with van der Waals surface area (Å²) in [5.41, 5.74) is 5.62. The van der Waals surface area contributed by atoms with Gasteiger partial charge in [-0.3, -0.25) is 4.90 Å². The van der Waals surface area contributed by atoms with Crippen LogP contribution in [0.2, 0.25) is 5.02 Å². The number of ether oxygens (including phenoxy) is 2. The van der Waals surface area contributed by atoms with Gasteiger partial charge in [0.05, 0.1) is 52.8 Å². The summed E-state index contributed by atoms with van der Waals surface area (Å²) in [5, 5.41) is 11.0. The van der Waals surface area contributed by atoms with E-state index in [1.807, 2.05) is 36.4 Å². The molecule has 0 bridgehead atoms. The number of nitrogens with zero attached hydrogens (tertiary/aromatic N) is 4. The first-order chi connectivity index (χ1) is 20.5. The second-order valence-electron chi connectivity index (χ2n) is 10.7. The molecule has 5 heterocycles. The van der Waals surface area contributed by atoms with Crippen molar-refractivity contribution in [2.24, 2.45) is 0 Å². The molecule has 1 fully saturated rings. The predicted molar refractivity (Wildman–Crippen MR) is 159 cm³/mol. The molecule has 2 aliphatic rings. The van der Waals surface area contributed by atoms with Gasteiger partial charge in [-0.05, 0) is 54.8 Å². The summed E-state index contributed by atoms with van der Waals surface area (Å²) in [7, 11) is 0. The van der Waals surface area contributed by atoms with Crippen molar-refractivity contribution in [3.05, 3.63) is 94.6 Å². The number of furan rings is 1. The van der Waals surface area contributed by atoms with Crippen LogP contribution in [0.5, 0.6) is 5.88 Å². The van der Waals surface area contributed by atoms with Gasteiger partial charge >= 0.3 is 5.97 Å². The SMILES string of the molecule is O=C(O)c1ccc2nc(CN3CC=C(c4cccc(OCc5ccc(Cl)c6ccoc56)n4)CC3)n(C[C@@H]3CCO3)c2c1. The molecule has 3 aromatic heterocycles. The molecule has 2 aromatic carbocycles. The topological polar surface area (TPSA) is 103 Å². The average Bonchev–Trinajstić information content (AvgIpc) is 3.61. The van der Waals surface area contributed by atoms with Gasteiger partial charge in [0.2, 0.25) is 5.88 Å². The maximum absolute atomic E-state index is 11.6. The van der Waals surface area contributed by atoms with E-state index in [1.54, 1.807) is 24.5 Å². The van der Waals surface area contributed by atoms with Crippen molar-refractivity contribution in [3.8, 4) is 5.88 Å². The summed E-state index contributed by atoms with van der Waals surface area (Å²) in [6, 6.07) is 16.6. The first-order valence-electron chi connectivity index (χ1n) is 14.0. The van der Waals surface area contributed by atoms with E-state index in [9.17, 15) is 9.90 Å². The number of fused-ring (bicyclic) bond motifs is 2. The molecular formula is C32H29ClN4O5. The third-order valence-electron chi connectivity index (χ3n) is 7.99. The van der Waals surface area contributed by atoms with E-state index in [2.05, 4.69) is 15.5 Å². The zero-order chi connectivity index (χ0) is 28.6. The van der Waals surface area contributed by atoms with Crippen molar-refractivity contribution < 1.29 is 23.8 Å². The number of aromatic nitrogens is 3. The minimum atomic E-state index is -0.942. The molecule has 214 valence electrons. The monoisotopic (exact) mass is 584 g/mol. The van der Waals surface area contributed by atoms with Gasteiger partial charge in [-0.25, -0.2) is 14.8 Å². The van der Waals surface area contributed by atoms with Crippen LogP contribution in [0.25, 0.3) is 27.6 Å². The lowest BCUT2D eigenvalue weighted by Crippen LogP contribution is -2.33. The smallest absolute Gasteiger partial charge is 0.335 e. The van der Waals surface area contributed by atoms with Crippen LogP contribution >= 0.6 is 11.6 Å². The van der Waals surface area contributed by atoms with Crippen LogP contribution in [-0.2, 0) is 24.4 Å². The van der Waals surface area contributed by atoms with Gasteiger partial charge in [-0.15, -0.1) is 0 Å². The van der Waals surface area contributed by atoms with E-state index in [0.29, 0.717) is 30.6 Å². The Morgan fingerprint density at radius 2 is 2.05 bits per heavy atom. The first kappa shape index (κ1) is 26.7. The number of carbonyl (C=O) groups is 1. The highest BCUT2D eigenvalue weighted by molar-refractivity contribution is 6.35. The fourth-order valence-corrected chi connectivity index (χ4v) is 5.79. The van der Waals surface area contributed by atoms with Crippen molar-refractivity contribution >= 4 is 45.1 Å². The maximum atomic E-state index is 11.6. The minimum absolute atomic E-state index is 0.132. The van der Waals surface area contributed by atoms with E-state index in [-0.39, 0.29) is 11.7 Å². The zero-order valence-corrected chi connectivity index (χ0v) is 23.6. The fraction of sp³-hybridized carbons (Fsp3) is 0.281. The summed E-state index contributed by atoms with van der Waals surface area (Å²) >= 11 is 6.27. The number of carboxylic acid groups (broad SMARTS) is 1. The van der Waals surface area contributed by atoms with Gasteiger partial charge < -0.3 is 23.6 Å². The van der Waals surface area contributed by atoms with E-state index in [0.717, 1.165) is 71.6 Å². The fourth-order valence-electron chi connectivity index (χ4n) is 5.57. The Morgan fingerprint density at radius 3 is 2.83 bits per heavy atom. The summed E-state index contributed by atoms with van der Waals surface area (Å²) in [6.45, 7) is 4.03. The second kappa shape index (κ2) is 11.2. The van der Waals surface area contributed by atoms with E-state index >= 15 is 0 Å². The molecule has 5 aromatic rings. The predicted octanol–water partition coefficient (Wildman–Crippen LogP) is 6.19. The van der Waals surface area contributed by atoms with Gasteiger partial charge in [0, 0.05) is 36.7 Å². The Balaban J connectivity index is 1.05. The van der Waals surface area contributed by atoms with E-state index in [1.165, 1.54) is 5.57 Å². The van der Waals surface area contributed by atoms with Crippen molar-refractivity contribution in [3.63, 3.8) is 0 Å². The Hall–Kier alpha value is -4.18. The summed E-state index contributed by atoms with van der Waals surface area (Å²) in [4.78, 5) is 23.6. The summed E-state index contributed by atoms with van der Waals surface area (Å²) < 4.78 is 19.5. The van der Waals surface area contributed by atoms with E-state index in [4.69, 9.17) is 35.5 Å². The van der Waals surface area contributed by atoms with Crippen LogP contribution < -0.4 is 4.74 Å². The molecular weight excluding hydrogens is 556 g/mol. The quantitative estimate of drug-likeness (QED) is 0.219. The lowest BCUT2D eigenvalue weighted by molar-refractivity contribution is -0.0591. The highest BCUT2D eigenvalue weighted by Gasteiger charge is 2.24. The first-order valence-corrected chi connectivity index (χ1v) is 14.4. The standard InChI is InChI=1S/C32H29ClN4O5/c33-25-6-4-22(31-24(25)11-15-41-31)19-42-30-3-1-2-26(35-30)20-8-12-36(13-9-20)18-29-34-27-7-5-21(32(38)39)16-28(27)37(29)17-23-10-14-40-23/h1-8,11,15-16,23H,9-10,12-14,17-19H2,(H,38,39)/t23-/m0/s1. The number of halogens is 1. The van der Waals surface area contributed by atoms with Gasteiger partial charge in [0.15, 0.2) is 0 Å². The Morgan fingerprint density at radius 1 is 1.14 bits per heavy atom. The third kappa shape index (κ3) is 5.27. The van der Waals surface area contributed by atoms with Crippen molar-refractivity contribution in [2.45, 2.75) is 38.6 Å². The van der Waals surface area contributed by atoms with Crippen LogP contribution in [-0.4, -0.2) is 56.3 Å². The number of imidazole rings is 1. The van der Waals surface area contributed by atoms with Gasteiger partial charge in [-0.2, -0.15) is 0 Å². The Labute approximate surface area is 246 Å². The van der Waals surface area contributed by atoms with Crippen molar-refractivity contribution in [2.75, 3.05) is 19.7 Å². The molecule has 0 saturated carbocycles. The molecule has 1 saturated heterocycles. The van der Waals surface area contributed by atoms with Crippen LogP contribution in [0, 0.1) is 0 Å². The van der Waals surface area contributed by atoms with E-state index < -0.39 is 5.97 Å². The number of benzene rings is 2. The molecule has 0 unspecified atom stereocenters. The third-order valence-corrected chi connectivity index (χ3v) is 8.31. The molecule has 10 heteroatoms. The minimum Gasteiger partial charge on any atom is -0.478 e. The van der Waals surface area contributed by atoms with Crippen LogP contribution in [0.15, 0.2) is 71.4 Å². The maximum Gasteiger partial charge on any atom is 0.335 e. The molecule has 2 aliphatic heterocycles. The summed E-state index contributed by atoms with van der Waals surface area (Å²) in [5.74, 6) is 0.530. The molecule has 0 amide bonds.